The SMILES string of the molecule is O=C(c1c(F)cc(F)cc1F)C1CCOC2(CCSC2)C1. The first-order chi connectivity index (χ1) is 10.0. The highest BCUT2D eigenvalue weighted by Gasteiger charge is 2.43. The molecule has 2 atom stereocenters. The van der Waals surface area contributed by atoms with Gasteiger partial charge in [0.15, 0.2) is 5.78 Å². The Morgan fingerprint density at radius 3 is 2.62 bits per heavy atom. The number of ether oxygens (including phenoxy) is 1. The van der Waals surface area contributed by atoms with E-state index < -0.39 is 34.7 Å². The van der Waals surface area contributed by atoms with Gasteiger partial charge in [0.1, 0.15) is 17.5 Å². The van der Waals surface area contributed by atoms with E-state index in [1.54, 1.807) is 11.8 Å². The number of rotatable bonds is 2. The number of thioether (sulfide) groups is 1. The van der Waals surface area contributed by atoms with E-state index in [1.807, 2.05) is 0 Å². The van der Waals surface area contributed by atoms with E-state index in [4.69, 9.17) is 4.74 Å². The maximum Gasteiger partial charge on any atom is 0.172 e. The summed E-state index contributed by atoms with van der Waals surface area (Å²) < 4.78 is 46.2. The summed E-state index contributed by atoms with van der Waals surface area (Å²) in [7, 11) is 0. The molecule has 2 heterocycles. The van der Waals surface area contributed by atoms with Crippen LogP contribution in [-0.4, -0.2) is 29.5 Å². The van der Waals surface area contributed by atoms with E-state index in [0.29, 0.717) is 31.6 Å². The van der Waals surface area contributed by atoms with Crippen molar-refractivity contribution in [2.75, 3.05) is 18.1 Å². The smallest absolute Gasteiger partial charge is 0.172 e. The molecule has 0 aromatic heterocycles. The van der Waals surface area contributed by atoms with Gasteiger partial charge in [0.25, 0.3) is 0 Å². The number of benzene rings is 1. The lowest BCUT2D eigenvalue weighted by Gasteiger charge is -2.37. The van der Waals surface area contributed by atoms with Crippen molar-refractivity contribution in [2.45, 2.75) is 24.9 Å². The van der Waals surface area contributed by atoms with Crippen LogP contribution in [0, 0.1) is 23.4 Å². The maximum atomic E-state index is 13.7. The Kier molecular flexibility index (Phi) is 4.01. The lowest BCUT2D eigenvalue weighted by atomic mass is 9.81. The van der Waals surface area contributed by atoms with Gasteiger partial charge in [0.05, 0.1) is 11.2 Å². The zero-order valence-corrected chi connectivity index (χ0v) is 12.1. The Bertz CT molecular complexity index is 547. The molecule has 0 amide bonds. The zero-order chi connectivity index (χ0) is 15.0. The largest absolute Gasteiger partial charge is 0.374 e. The molecular weight excluding hydrogens is 301 g/mol. The van der Waals surface area contributed by atoms with E-state index in [0.717, 1.165) is 17.9 Å². The van der Waals surface area contributed by atoms with Gasteiger partial charge < -0.3 is 4.74 Å². The number of carbonyl (C=O) groups excluding carboxylic acids is 1. The summed E-state index contributed by atoms with van der Waals surface area (Å²) in [4.78, 5) is 12.4. The molecule has 0 aliphatic carbocycles. The topological polar surface area (TPSA) is 26.3 Å². The first-order valence-electron chi connectivity index (χ1n) is 6.91. The van der Waals surface area contributed by atoms with E-state index >= 15 is 0 Å². The highest BCUT2D eigenvalue weighted by atomic mass is 32.2. The molecule has 0 saturated carbocycles. The predicted octanol–water partition coefficient (Wildman–Crippen LogP) is 3.59. The minimum atomic E-state index is -1.13. The number of Topliss-reactive ketones (excluding diaryl/α,β-unsaturated/α-hetero) is 1. The highest BCUT2D eigenvalue weighted by Crippen LogP contribution is 2.41. The fourth-order valence-corrected chi connectivity index (χ4v) is 4.47. The van der Waals surface area contributed by atoms with Crippen LogP contribution in [0.4, 0.5) is 13.2 Å². The molecule has 2 nitrogen and oxygen atoms in total. The Morgan fingerprint density at radius 1 is 1.29 bits per heavy atom. The summed E-state index contributed by atoms with van der Waals surface area (Å²) in [6.07, 6.45) is 1.78. The third kappa shape index (κ3) is 2.83. The van der Waals surface area contributed by atoms with Crippen molar-refractivity contribution in [2.24, 2.45) is 5.92 Å². The second kappa shape index (κ2) is 5.65. The van der Waals surface area contributed by atoms with Crippen LogP contribution in [-0.2, 0) is 4.74 Å². The lowest BCUT2D eigenvalue weighted by molar-refractivity contribution is -0.0735. The van der Waals surface area contributed by atoms with Gasteiger partial charge in [-0.15, -0.1) is 0 Å². The predicted molar refractivity (Wildman–Crippen MR) is 74.0 cm³/mol. The van der Waals surface area contributed by atoms with Crippen LogP contribution in [0.3, 0.4) is 0 Å². The molecule has 114 valence electrons. The summed E-state index contributed by atoms with van der Waals surface area (Å²) in [5, 5.41) is 0. The summed E-state index contributed by atoms with van der Waals surface area (Å²) in [5.41, 5.74) is -0.958. The molecule has 0 bridgehead atoms. The third-order valence-electron chi connectivity index (χ3n) is 4.18. The molecular formula is C15H15F3O2S. The van der Waals surface area contributed by atoms with Gasteiger partial charge in [-0.25, -0.2) is 13.2 Å². The normalized spacial score (nSPS) is 29.0. The molecule has 2 aliphatic heterocycles. The molecule has 2 aliphatic rings. The summed E-state index contributed by atoms with van der Waals surface area (Å²) >= 11 is 1.76. The number of carbonyl (C=O) groups is 1. The van der Waals surface area contributed by atoms with Crippen LogP contribution in [0.1, 0.15) is 29.6 Å². The molecule has 3 rings (SSSR count). The Labute approximate surface area is 125 Å². The molecule has 2 unspecified atom stereocenters. The monoisotopic (exact) mass is 316 g/mol. The van der Waals surface area contributed by atoms with E-state index in [1.165, 1.54) is 0 Å². The van der Waals surface area contributed by atoms with Crippen molar-refractivity contribution in [1.29, 1.82) is 0 Å². The molecule has 0 radical (unpaired) electrons. The summed E-state index contributed by atoms with van der Waals surface area (Å²) in [6, 6.07) is 1.10. The standard InChI is InChI=1S/C15H15F3O2S/c16-10-5-11(17)13(12(18)6-10)14(19)9-1-3-20-15(7-9)2-4-21-8-15/h5-6,9H,1-4,7-8H2. The van der Waals surface area contributed by atoms with Crippen molar-refractivity contribution >= 4 is 17.5 Å². The van der Waals surface area contributed by atoms with Crippen LogP contribution < -0.4 is 0 Å². The van der Waals surface area contributed by atoms with Crippen LogP contribution in [0.15, 0.2) is 12.1 Å². The Balaban J connectivity index is 1.85. The van der Waals surface area contributed by atoms with Crippen molar-refractivity contribution < 1.29 is 22.7 Å². The highest BCUT2D eigenvalue weighted by molar-refractivity contribution is 7.99. The second-order valence-electron chi connectivity index (χ2n) is 5.63. The number of hydrogen-bond acceptors (Lipinski definition) is 3. The van der Waals surface area contributed by atoms with Gasteiger partial charge in [-0.2, -0.15) is 11.8 Å². The first-order valence-corrected chi connectivity index (χ1v) is 8.07. The molecule has 6 heteroatoms. The van der Waals surface area contributed by atoms with Gasteiger partial charge in [0, 0.05) is 30.4 Å². The average Bonchev–Trinajstić information content (AvgIpc) is 2.85. The van der Waals surface area contributed by atoms with Crippen LogP contribution in [0.5, 0.6) is 0 Å². The maximum absolute atomic E-state index is 13.7. The Hall–Kier alpha value is -1.01. The van der Waals surface area contributed by atoms with Gasteiger partial charge in [-0.3, -0.25) is 4.79 Å². The van der Waals surface area contributed by atoms with Crippen LogP contribution >= 0.6 is 11.8 Å². The fraction of sp³-hybridized carbons (Fsp3) is 0.533. The molecule has 2 saturated heterocycles. The zero-order valence-electron chi connectivity index (χ0n) is 11.3. The van der Waals surface area contributed by atoms with Gasteiger partial charge in [-0.05, 0) is 25.0 Å². The molecule has 1 aromatic rings. The van der Waals surface area contributed by atoms with Gasteiger partial charge >= 0.3 is 0 Å². The second-order valence-corrected chi connectivity index (χ2v) is 6.74. The van der Waals surface area contributed by atoms with Crippen molar-refractivity contribution in [3.63, 3.8) is 0 Å². The lowest BCUT2D eigenvalue weighted by Crippen LogP contribution is -2.42. The van der Waals surface area contributed by atoms with Crippen molar-refractivity contribution in [3.05, 3.63) is 35.1 Å². The van der Waals surface area contributed by atoms with Gasteiger partial charge in [0.2, 0.25) is 0 Å². The van der Waals surface area contributed by atoms with Crippen LogP contribution in [0.25, 0.3) is 0 Å². The van der Waals surface area contributed by atoms with E-state index in [9.17, 15) is 18.0 Å². The molecule has 21 heavy (non-hydrogen) atoms. The summed E-state index contributed by atoms with van der Waals surface area (Å²) in [5.74, 6) is -2.53. The van der Waals surface area contributed by atoms with Crippen molar-refractivity contribution in [3.8, 4) is 0 Å². The number of ketones is 1. The fourth-order valence-electron chi connectivity index (χ4n) is 3.10. The van der Waals surface area contributed by atoms with Gasteiger partial charge in [-0.1, -0.05) is 0 Å². The molecule has 2 fully saturated rings. The van der Waals surface area contributed by atoms with E-state index in [-0.39, 0.29) is 5.60 Å². The minimum Gasteiger partial charge on any atom is -0.374 e. The van der Waals surface area contributed by atoms with E-state index in [2.05, 4.69) is 0 Å². The third-order valence-corrected chi connectivity index (χ3v) is 5.41. The number of hydrogen-bond donors (Lipinski definition) is 0. The molecule has 1 spiro atoms. The Morgan fingerprint density at radius 2 is 2.00 bits per heavy atom. The molecule has 0 N–H and O–H groups in total. The molecule has 1 aromatic carbocycles. The first kappa shape index (κ1) is 14.9. The van der Waals surface area contributed by atoms with Crippen LogP contribution in [0.2, 0.25) is 0 Å². The quantitative estimate of drug-likeness (QED) is 0.780. The summed E-state index contributed by atoms with van der Waals surface area (Å²) in [6.45, 7) is 0.418. The minimum absolute atomic E-state index is 0.337. The average molecular weight is 316 g/mol. The number of halogens is 3. The van der Waals surface area contributed by atoms with Crippen molar-refractivity contribution in [1.82, 2.24) is 0 Å².